The summed E-state index contributed by atoms with van der Waals surface area (Å²) in [5, 5.41) is 2.95. The number of thioether (sulfide) groups is 1. The Hall–Kier alpha value is -4.19. The molecular formula is C35H32ClN3O6S2. The maximum atomic E-state index is 14.1. The van der Waals surface area contributed by atoms with Gasteiger partial charge in [0.1, 0.15) is 11.8 Å². The highest BCUT2D eigenvalue weighted by Crippen LogP contribution is 2.54. The van der Waals surface area contributed by atoms with Crippen molar-refractivity contribution in [1.82, 2.24) is 4.57 Å². The summed E-state index contributed by atoms with van der Waals surface area (Å²) in [5.41, 5.74) is 3.05. The topological polar surface area (TPSA) is 115 Å². The molecule has 0 saturated carbocycles. The number of aromatic nitrogens is 1. The van der Waals surface area contributed by atoms with Crippen molar-refractivity contribution >= 4 is 69.8 Å². The molecular weight excluding hydrogens is 658 g/mol. The molecule has 242 valence electrons. The van der Waals surface area contributed by atoms with Crippen molar-refractivity contribution in [3.05, 3.63) is 109 Å². The fraction of sp³-hybridized carbons (Fsp3) is 0.286. The first-order valence-electron chi connectivity index (χ1n) is 15.1. The lowest BCUT2D eigenvalue weighted by Crippen LogP contribution is -2.33. The van der Waals surface area contributed by atoms with Crippen LogP contribution < -0.4 is 15.1 Å². The smallest absolute Gasteiger partial charge is 0.338 e. The molecule has 4 aromatic rings. The second-order valence-electron chi connectivity index (χ2n) is 12.4. The highest BCUT2D eigenvalue weighted by atomic mass is 35.5. The van der Waals surface area contributed by atoms with Crippen molar-refractivity contribution in [2.45, 2.75) is 55.8 Å². The van der Waals surface area contributed by atoms with E-state index in [1.54, 1.807) is 55.5 Å². The van der Waals surface area contributed by atoms with Crippen molar-refractivity contribution in [2.24, 2.45) is 5.92 Å². The summed E-state index contributed by atoms with van der Waals surface area (Å²) in [4.78, 5) is 68.3. The van der Waals surface area contributed by atoms with E-state index in [4.69, 9.17) is 16.3 Å². The molecule has 1 N–H and O–H groups in total. The molecule has 0 bridgehead atoms. The number of fused-ring (bicyclic) bond motifs is 2. The second-order valence-corrected chi connectivity index (χ2v) is 14.9. The highest BCUT2D eigenvalue weighted by molar-refractivity contribution is 8.00. The number of thiazole rings is 1. The van der Waals surface area contributed by atoms with Gasteiger partial charge in [-0.3, -0.25) is 23.7 Å². The number of imide groups is 1. The summed E-state index contributed by atoms with van der Waals surface area (Å²) in [6, 6.07) is 20.8. The molecule has 47 heavy (non-hydrogen) atoms. The lowest BCUT2D eigenvalue weighted by atomic mass is 9.81. The summed E-state index contributed by atoms with van der Waals surface area (Å²) in [5.74, 6) is -2.98. The number of ether oxygens (including phenoxy) is 1. The summed E-state index contributed by atoms with van der Waals surface area (Å²) >= 11 is 8.24. The van der Waals surface area contributed by atoms with Crippen LogP contribution in [0.25, 0.3) is 0 Å². The Labute approximate surface area is 284 Å². The number of hydrogen-bond donors (Lipinski definition) is 1. The largest absolute Gasteiger partial charge is 0.462 e. The Morgan fingerprint density at radius 2 is 1.57 bits per heavy atom. The monoisotopic (exact) mass is 689 g/mol. The van der Waals surface area contributed by atoms with E-state index in [2.05, 4.69) is 26.1 Å². The van der Waals surface area contributed by atoms with Gasteiger partial charge in [0.15, 0.2) is 0 Å². The fourth-order valence-electron chi connectivity index (χ4n) is 5.90. The molecule has 12 heteroatoms. The van der Waals surface area contributed by atoms with E-state index in [9.17, 15) is 24.0 Å². The van der Waals surface area contributed by atoms with Gasteiger partial charge in [0.05, 0.1) is 28.8 Å². The maximum absolute atomic E-state index is 14.1. The molecule has 0 radical (unpaired) electrons. The molecule has 3 atom stereocenters. The highest BCUT2D eigenvalue weighted by Gasteiger charge is 2.56. The number of amides is 3. The third kappa shape index (κ3) is 6.27. The van der Waals surface area contributed by atoms with E-state index >= 15 is 0 Å². The Morgan fingerprint density at radius 1 is 0.915 bits per heavy atom. The predicted molar refractivity (Wildman–Crippen MR) is 184 cm³/mol. The van der Waals surface area contributed by atoms with E-state index in [0.717, 1.165) is 34.2 Å². The number of nitrogens with zero attached hydrogens (tertiary/aromatic N) is 2. The zero-order chi connectivity index (χ0) is 33.6. The van der Waals surface area contributed by atoms with Gasteiger partial charge in [-0.1, -0.05) is 79.7 Å². The van der Waals surface area contributed by atoms with Crippen LogP contribution in [0.1, 0.15) is 60.0 Å². The molecule has 3 amide bonds. The van der Waals surface area contributed by atoms with E-state index < -0.39 is 29.0 Å². The average molecular weight is 690 g/mol. The van der Waals surface area contributed by atoms with Crippen LogP contribution >= 0.6 is 34.7 Å². The van der Waals surface area contributed by atoms with E-state index in [1.165, 1.54) is 9.47 Å². The third-order valence-electron chi connectivity index (χ3n) is 8.25. The molecule has 0 aliphatic carbocycles. The van der Waals surface area contributed by atoms with Crippen molar-refractivity contribution < 1.29 is 23.9 Å². The Bertz CT molecular complexity index is 1930. The Balaban J connectivity index is 1.35. The van der Waals surface area contributed by atoms with Crippen LogP contribution in [0, 0.1) is 5.92 Å². The Kier molecular flexibility index (Phi) is 8.90. The lowest BCUT2D eigenvalue weighted by Gasteiger charge is -2.31. The number of carbonyl (C=O) groups excluding carboxylic acids is 4. The van der Waals surface area contributed by atoms with Crippen LogP contribution in [-0.4, -0.2) is 40.1 Å². The Morgan fingerprint density at radius 3 is 2.19 bits per heavy atom. The van der Waals surface area contributed by atoms with Gasteiger partial charge in [0.2, 0.25) is 17.7 Å². The predicted octanol–water partition coefficient (Wildman–Crippen LogP) is 6.47. The minimum absolute atomic E-state index is 0.0974. The molecule has 0 spiro atoms. The van der Waals surface area contributed by atoms with Crippen molar-refractivity contribution in [3.63, 3.8) is 0 Å². The molecule has 1 saturated heterocycles. The number of anilines is 2. The zero-order valence-corrected chi connectivity index (χ0v) is 28.5. The molecule has 2 aliphatic heterocycles. The number of rotatable bonds is 7. The number of carbonyl (C=O) groups is 4. The van der Waals surface area contributed by atoms with E-state index in [1.807, 2.05) is 24.3 Å². The number of benzene rings is 3. The SMILES string of the molecule is CCOC(=O)c1ccc(NC(=O)Cn2c3c(sc2=O)[C@@H](c2ccc(C(C)(C)C)cc2)[C@@H]2C(=O)N(c4ccc(Cl)cc4)C(=O)[C@@H]2S3)cc1. The van der Waals surface area contributed by atoms with Crippen LogP contribution in [0.15, 0.2) is 82.6 Å². The summed E-state index contributed by atoms with van der Waals surface area (Å²) in [7, 11) is 0. The molecule has 1 fully saturated rings. The third-order valence-corrected chi connectivity index (χ3v) is 11.1. The number of hydrogen-bond acceptors (Lipinski definition) is 8. The van der Waals surface area contributed by atoms with Crippen LogP contribution in [-0.2, 0) is 31.1 Å². The number of halogens is 1. The summed E-state index contributed by atoms with van der Waals surface area (Å²) < 4.78 is 6.39. The normalized spacial score (nSPS) is 18.9. The van der Waals surface area contributed by atoms with Gasteiger partial charge in [-0.15, -0.1) is 0 Å². The molecule has 3 heterocycles. The second kappa shape index (κ2) is 12.8. The molecule has 2 aliphatic rings. The average Bonchev–Trinajstić information content (AvgIpc) is 3.47. The zero-order valence-electron chi connectivity index (χ0n) is 26.1. The minimum atomic E-state index is -0.809. The first kappa shape index (κ1) is 32.7. The van der Waals surface area contributed by atoms with Gasteiger partial charge in [0, 0.05) is 21.5 Å². The van der Waals surface area contributed by atoms with Gasteiger partial charge < -0.3 is 10.1 Å². The molecule has 3 aromatic carbocycles. The number of esters is 1. The number of nitrogens with one attached hydrogen (secondary N) is 1. The molecule has 1 aromatic heterocycles. The fourth-order valence-corrected chi connectivity index (χ4v) is 8.80. The maximum Gasteiger partial charge on any atom is 0.338 e. The van der Waals surface area contributed by atoms with Crippen molar-refractivity contribution in [1.29, 1.82) is 0 Å². The van der Waals surface area contributed by atoms with E-state index in [-0.39, 0.29) is 35.3 Å². The first-order valence-corrected chi connectivity index (χ1v) is 17.2. The van der Waals surface area contributed by atoms with Gasteiger partial charge in [-0.2, -0.15) is 0 Å². The first-order chi connectivity index (χ1) is 22.4. The molecule has 9 nitrogen and oxygen atoms in total. The van der Waals surface area contributed by atoms with Crippen LogP contribution in [0.2, 0.25) is 5.02 Å². The molecule has 6 rings (SSSR count). The molecule has 0 unspecified atom stereocenters. The summed E-state index contributed by atoms with van der Waals surface area (Å²) in [6.45, 7) is 8.01. The van der Waals surface area contributed by atoms with Crippen LogP contribution in [0.5, 0.6) is 0 Å². The van der Waals surface area contributed by atoms with Crippen LogP contribution in [0.4, 0.5) is 11.4 Å². The quantitative estimate of drug-likeness (QED) is 0.175. The van der Waals surface area contributed by atoms with Gasteiger partial charge in [-0.25, -0.2) is 9.69 Å². The van der Waals surface area contributed by atoms with E-state index in [0.29, 0.717) is 31.9 Å². The van der Waals surface area contributed by atoms with Gasteiger partial charge in [0.25, 0.3) is 0 Å². The van der Waals surface area contributed by atoms with Gasteiger partial charge >= 0.3 is 10.8 Å². The standard InChI is InChI=1S/C35H32ClN3O6S2/c1-5-45-33(43)20-8-14-23(15-9-20)37-25(40)18-38-32-29(47-34(38)44)26(19-6-10-21(11-7-19)35(2,3)4)27-28(46-32)31(42)39(30(27)41)24-16-12-22(36)13-17-24/h6-17,26-28H,5,18H2,1-4H3,(H,37,40)/t26-,27-,28+/m0/s1. The summed E-state index contributed by atoms with van der Waals surface area (Å²) in [6.07, 6.45) is 0. The lowest BCUT2D eigenvalue weighted by molar-refractivity contribution is -0.122. The van der Waals surface area contributed by atoms with Crippen molar-refractivity contribution in [3.8, 4) is 0 Å². The van der Waals surface area contributed by atoms with Crippen molar-refractivity contribution in [2.75, 3.05) is 16.8 Å². The van der Waals surface area contributed by atoms with Crippen LogP contribution in [0.3, 0.4) is 0 Å². The van der Waals surface area contributed by atoms with Gasteiger partial charge in [-0.05, 0) is 72.0 Å². The minimum Gasteiger partial charge on any atom is -0.462 e.